The summed E-state index contributed by atoms with van der Waals surface area (Å²) >= 11 is 0. The van der Waals surface area contributed by atoms with Crippen molar-refractivity contribution in [2.45, 2.75) is 18.5 Å². The molecule has 1 fully saturated rings. The zero-order chi connectivity index (χ0) is 10.1. The average Bonchev–Trinajstić information content (AvgIpc) is 2.13. The molecule has 0 aliphatic carbocycles. The third-order valence-corrected chi connectivity index (χ3v) is 2.21. The number of aliphatic carboxylic acids is 1. The molecule has 1 N–H and O–H groups in total. The molecule has 4 nitrogen and oxygen atoms in total. The lowest BCUT2D eigenvalue weighted by Crippen LogP contribution is -2.48. The molecule has 13 heavy (non-hydrogen) atoms. The number of alkyl halides is 1. The van der Waals surface area contributed by atoms with E-state index in [1.54, 1.807) is 7.05 Å². The Bertz CT molecular complexity index is 244. The van der Waals surface area contributed by atoms with E-state index in [1.807, 2.05) is 0 Å². The Balaban J connectivity index is 2.90. The van der Waals surface area contributed by atoms with Crippen LogP contribution in [0.25, 0.3) is 0 Å². The van der Waals surface area contributed by atoms with Gasteiger partial charge in [0.05, 0.1) is 6.54 Å². The summed E-state index contributed by atoms with van der Waals surface area (Å²) in [6.07, 6.45) is 0.529. The third kappa shape index (κ3) is 1.85. The minimum Gasteiger partial charge on any atom is -0.478 e. The Hall–Kier alpha value is -0.970. The molecule has 1 atom stereocenters. The predicted octanol–water partition coefficient (Wildman–Crippen LogP) is 0.0740. The van der Waals surface area contributed by atoms with Crippen LogP contribution in [0, 0.1) is 0 Å². The molecule has 0 saturated carbocycles. The maximum atomic E-state index is 13.6. The molecule has 1 rings (SSSR count). The summed E-state index contributed by atoms with van der Waals surface area (Å²) in [6.45, 7) is 0.214. The Morgan fingerprint density at radius 1 is 1.69 bits per heavy atom. The highest BCUT2D eigenvalue weighted by atomic mass is 19.1. The van der Waals surface area contributed by atoms with Gasteiger partial charge in [0.2, 0.25) is 0 Å². The van der Waals surface area contributed by atoms with Crippen molar-refractivity contribution in [2.24, 2.45) is 0 Å². The van der Waals surface area contributed by atoms with Crippen LogP contribution >= 0.6 is 0 Å². The van der Waals surface area contributed by atoms with Gasteiger partial charge in [0.25, 0.3) is 5.67 Å². The lowest BCUT2D eigenvalue weighted by atomic mass is 9.98. The van der Waals surface area contributed by atoms with E-state index in [1.165, 1.54) is 4.90 Å². The quantitative estimate of drug-likeness (QED) is 0.593. The molecule has 1 saturated heterocycles. The maximum Gasteiger partial charge on any atom is 0.350 e. The number of likely N-dealkylation sites (tertiary alicyclic amines) is 1. The molecule has 0 radical (unpaired) electrons. The molecule has 1 unspecified atom stereocenters. The van der Waals surface area contributed by atoms with E-state index in [9.17, 15) is 14.0 Å². The van der Waals surface area contributed by atoms with E-state index in [0.29, 0.717) is 13.0 Å². The monoisotopic (exact) mass is 189 g/mol. The number of rotatable bonds is 1. The molecule has 0 amide bonds. The van der Waals surface area contributed by atoms with Crippen molar-refractivity contribution >= 4 is 11.8 Å². The highest BCUT2D eigenvalue weighted by Crippen LogP contribution is 2.21. The van der Waals surface area contributed by atoms with Gasteiger partial charge in [-0.2, -0.15) is 0 Å². The van der Waals surface area contributed by atoms with Crippen LogP contribution in [0.1, 0.15) is 12.8 Å². The number of carbonyl (C=O) groups is 2. The number of carbonyl (C=O) groups excluding carboxylic acids is 1. The SMILES string of the molecule is CN1CCCC(=O)C(F)(C(=O)O)C1. The standard InChI is InChI=1S/C8H12FNO3/c1-10-4-2-3-6(11)8(9,5-10)7(12)13/h2-5H2,1H3,(H,12,13). The number of halogens is 1. The van der Waals surface area contributed by atoms with Gasteiger partial charge in [-0.05, 0) is 20.0 Å². The summed E-state index contributed by atoms with van der Waals surface area (Å²) in [7, 11) is 1.61. The molecule has 74 valence electrons. The van der Waals surface area contributed by atoms with Gasteiger partial charge in [0.15, 0.2) is 5.78 Å². The second kappa shape index (κ2) is 3.41. The maximum absolute atomic E-state index is 13.6. The summed E-state index contributed by atoms with van der Waals surface area (Å²) in [5, 5.41) is 8.59. The van der Waals surface area contributed by atoms with Crippen molar-refractivity contribution in [3.8, 4) is 0 Å². The second-order valence-electron chi connectivity index (χ2n) is 3.37. The van der Waals surface area contributed by atoms with Crippen molar-refractivity contribution in [2.75, 3.05) is 20.1 Å². The molecular formula is C8H12FNO3. The van der Waals surface area contributed by atoms with Crippen LogP contribution in [0.3, 0.4) is 0 Å². The fraction of sp³-hybridized carbons (Fsp3) is 0.750. The molecule has 0 aromatic rings. The van der Waals surface area contributed by atoms with Crippen LogP contribution < -0.4 is 0 Å². The zero-order valence-electron chi connectivity index (χ0n) is 7.42. The van der Waals surface area contributed by atoms with Crippen LogP contribution in [0.5, 0.6) is 0 Å². The van der Waals surface area contributed by atoms with Crippen LogP contribution in [-0.4, -0.2) is 47.6 Å². The van der Waals surface area contributed by atoms with Crippen molar-refractivity contribution in [1.82, 2.24) is 4.90 Å². The third-order valence-electron chi connectivity index (χ3n) is 2.21. The smallest absolute Gasteiger partial charge is 0.350 e. The largest absolute Gasteiger partial charge is 0.478 e. The Labute approximate surface area is 75.3 Å². The predicted molar refractivity (Wildman–Crippen MR) is 43.2 cm³/mol. The number of Topliss-reactive ketones (excluding diaryl/α,β-unsaturated/α-hetero) is 1. The molecule has 5 heteroatoms. The van der Waals surface area contributed by atoms with Crippen LogP contribution in [-0.2, 0) is 9.59 Å². The fourth-order valence-electron chi connectivity index (χ4n) is 1.43. The minimum atomic E-state index is -2.70. The van der Waals surface area contributed by atoms with Gasteiger partial charge in [0, 0.05) is 6.42 Å². The van der Waals surface area contributed by atoms with Crippen LogP contribution in [0.4, 0.5) is 4.39 Å². The van der Waals surface area contributed by atoms with Gasteiger partial charge < -0.3 is 10.0 Å². The molecule has 1 aliphatic rings. The summed E-state index contributed by atoms with van der Waals surface area (Å²) < 4.78 is 13.6. The molecule has 0 bridgehead atoms. The van der Waals surface area contributed by atoms with Gasteiger partial charge in [-0.15, -0.1) is 0 Å². The first kappa shape index (κ1) is 10.1. The first-order valence-electron chi connectivity index (χ1n) is 4.11. The zero-order valence-corrected chi connectivity index (χ0v) is 7.42. The first-order valence-corrected chi connectivity index (χ1v) is 4.11. The normalized spacial score (nSPS) is 31.4. The van der Waals surface area contributed by atoms with Gasteiger partial charge in [-0.1, -0.05) is 0 Å². The lowest BCUT2D eigenvalue weighted by molar-refractivity contribution is -0.157. The fourth-order valence-corrected chi connectivity index (χ4v) is 1.43. The average molecular weight is 189 g/mol. The van der Waals surface area contributed by atoms with Gasteiger partial charge >= 0.3 is 5.97 Å². The Morgan fingerprint density at radius 3 is 2.85 bits per heavy atom. The molecule has 0 spiro atoms. The summed E-state index contributed by atoms with van der Waals surface area (Å²) in [5.41, 5.74) is -2.70. The highest BCUT2D eigenvalue weighted by Gasteiger charge is 2.47. The number of carboxylic acids is 1. The van der Waals surface area contributed by atoms with E-state index in [0.717, 1.165) is 0 Å². The Morgan fingerprint density at radius 2 is 2.31 bits per heavy atom. The second-order valence-corrected chi connectivity index (χ2v) is 3.37. The van der Waals surface area contributed by atoms with E-state index >= 15 is 0 Å². The summed E-state index contributed by atoms with van der Waals surface area (Å²) in [5.74, 6) is -2.49. The molecule has 0 aromatic heterocycles. The van der Waals surface area contributed by atoms with Gasteiger partial charge in [0.1, 0.15) is 0 Å². The number of ketones is 1. The van der Waals surface area contributed by atoms with Crippen molar-refractivity contribution in [3.63, 3.8) is 0 Å². The number of nitrogens with zero attached hydrogens (tertiary/aromatic N) is 1. The molecule has 1 aliphatic heterocycles. The van der Waals surface area contributed by atoms with Gasteiger partial charge in [-0.25, -0.2) is 9.18 Å². The van der Waals surface area contributed by atoms with Gasteiger partial charge in [-0.3, -0.25) is 4.79 Å². The first-order chi connectivity index (χ1) is 5.97. The van der Waals surface area contributed by atoms with E-state index < -0.39 is 17.4 Å². The molecule has 0 aromatic carbocycles. The van der Waals surface area contributed by atoms with E-state index in [-0.39, 0.29) is 13.0 Å². The highest BCUT2D eigenvalue weighted by molar-refractivity contribution is 6.06. The Kier molecular flexibility index (Phi) is 2.66. The van der Waals surface area contributed by atoms with E-state index in [4.69, 9.17) is 5.11 Å². The van der Waals surface area contributed by atoms with Crippen molar-refractivity contribution in [3.05, 3.63) is 0 Å². The topological polar surface area (TPSA) is 57.6 Å². The molecular weight excluding hydrogens is 177 g/mol. The molecule has 1 heterocycles. The number of hydrogen-bond acceptors (Lipinski definition) is 3. The van der Waals surface area contributed by atoms with E-state index in [2.05, 4.69) is 0 Å². The van der Waals surface area contributed by atoms with Crippen LogP contribution in [0.15, 0.2) is 0 Å². The summed E-state index contributed by atoms with van der Waals surface area (Å²) in [4.78, 5) is 23.2. The van der Waals surface area contributed by atoms with Crippen molar-refractivity contribution in [1.29, 1.82) is 0 Å². The lowest BCUT2D eigenvalue weighted by Gasteiger charge is -2.21. The number of carboxylic acid groups (broad SMARTS) is 1. The van der Waals surface area contributed by atoms with Crippen molar-refractivity contribution < 1.29 is 19.1 Å². The summed E-state index contributed by atoms with van der Waals surface area (Å²) in [6, 6.07) is 0. The number of hydrogen-bond donors (Lipinski definition) is 1. The minimum absolute atomic E-state index is 0.00708. The van der Waals surface area contributed by atoms with Crippen LogP contribution in [0.2, 0.25) is 0 Å².